The van der Waals surface area contributed by atoms with Gasteiger partial charge in [0.2, 0.25) is 0 Å². The average Bonchev–Trinajstić information content (AvgIpc) is 3.21. The van der Waals surface area contributed by atoms with Crippen LogP contribution in [0.2, 0.25) is 0 Å². The summed E-state index contributed by atoms with van der Waals surface area (Å²) in [6, 6.07) is 20.3. The van der Waals surface area contributed by atoms with Crippen LogP contribution in [0.15, 0.2) is 87.3 Å². The fraction of sp³-hybridized carbons (Fsp3) is 0.143. The predicted molar refractivity (Wildman–Crippen MR) is 145 cm³/mol. The predicted octanol–water partition coefficient (Wildman–Crippen LogP) is 5.87. The Bertz CT molecular complexity index is 1700. The van der Waals surface area contributed by atoms with Gasteiger partial charge in [0.25, 0.3) is 5.56 Å². The van der Waals surface area contributed by atoms with Crippen molar-refractivity contribution in [1.82, 2.24) is 14.2 Å². The molecule has 7 nitrogen and oxygen atoms in total. The van der Waals surface area contributed by atoms with Crippen molar-refractivity contribution in [2.24, 2.45) is 5.10 Å². The molecular weight excluding hydrogens is 520 g/mol. The van der Waals surface area contributed by atoms with Crippen LogP contribution in [0.25, 0.3) is 21.8 Å². The monoisotopic (exact) mass is 542 g/mol. The molecule has 0 saturated heterocycles. The summed E-state index contributed by atoms with van der Waals surface area (Å²) in [7, 11) is 0. The van der Waals surface area contributed by atoms with Gasteiger partial charge in [-0.25, -0.2) is 9.78 Å². The van der Waals surface area contributed by atoms with Gasteiger partial charge in [-0.2, -0.15) is 9.78 Å². The molecule has 0 fully saturated rings. The lowest BCUT2D eigenvalue weighted by molar-refractivity contribution is 0.0697. The van der Waals surface area contributed by atoms with Crippen LogP contribution >= 0.6 is 15.9 Å². The number of fused-ring (bicyclic) bond motifs is 2. The largest absolute Gasteiger partial charge is 0.478 e. The summed E-state index contributed by atoms with van der Waals surface area (Å²) in [5.74, 6) is -0.357. The van der Waals surface area contributed by atoms with Crippen LogP contribution in [-0.2, 0) is 6.54 Å². The number of hydrogen-bond acceptors (Lipinski definition) is 4. The highest BCUT2D eigenvalue weighted by molar-refractivity contribution is 9.10. The maximum atomic E-state index is 13.4. The number of rotatable bonds is 6. The van der Waals surface area contributed by atoms with Crippen molar-refractivity contribution in [1.29, 1.82) is 0 Å². The number of halogens is 1. The Labute approximate surface area is 215 Å². The Morgan fingerprint density at radius 2 is 1.83 bits per heavy atom. The number of hydrogen-bond donors (Lipinski definition) is 1. The third-order valence-electron chi connectivity index (χ3n) is 6.04. The molecule has 3 aromatic carbocycles. The molecule has 0 amide bonds. The lowest BCUT2D eigenvalue weighted by Gasteiger charge is -2.11. The molecule has 0 radical (unpaired) electrons. The number of carbonyl (C=O) groups is 1. The van der Waals surface area contributed by atoms with Crippen LogP contribution < -0.4 is 5.56 Å². The number of aromatic nitrogens is 3. The second kappa shape index (κ2) is 9.54. The van der Waals surface area contributed by atoms with Gasteiger partial charge < -0.3 is 9.67 Å². The second-order valence-corrected chi connectivity index (χ2v) is 9.79. The smallest absolute Gasteiger partial charge is 0.335 e. The zero-order chi connectivity index (χ0) is 25.4. The van der Waals surface area contributed by atoms with Crippen LogP contribution in [0.1, 0.15) is 47.1 Å². The van der Waals surface area contributed by atoms with E-state index in [0.717, 1.165) is 26.5 Å². The number of para-hydroxylation sites is 1. The van der Waals surface area contributed by atoms with Crippen molar-refractivity contribution >= 4 is 49.9 Å². The Hall–Kier alpha value is -4.04. The van der Waals surface area contributed by atoms with E-state index in [1.165, 1.54) is 4.68 Å². The molecule has 0 aliphatic carbocycles. The SMILES string of the molecule is CC(C)c1nc2ccc(Br)cc2c(=O)n1N=Cc1cn(Cc2ccc(C(=O)O)cc2)c2ccccc12. The summed E-state index contributed by atoms with van der Waals surface area (Å²) in [5, 5.41) is 15.3. The minimum Gasteiger partial charge on any atom is -0.478 e. The Morgan fingerprint density at radius 1 is 1.08 bits per heavy atom. The molecule has 1 N–H and O–H groups in total. The van der Waals surface area contributed by atoms with Crippen LogP contribution in [0.5, 0.6) is 0 Å². The summed E-state index contributed by atoms with van der Waals surface area (Å²) >= 11 is 3.44. The molecule has 0 bridgehead atoms. The van der Waals surface area contributed by atoms with E-state index in [2.05, 4.69) is 25.6 Å². The number of carboxylic acid groups (broad SMARTS) is 1. The first kappa shape index (κ1) is 23.7. The summed E-state index contributed by atoms with van der Waals surface area (Å²) in [4.78, 5) is 29.2. The highest BCUT2D eigenvalue weighted by Crippen LogP contribution is 2.23. The molecule has 8 heteroatoms. The third kappa shape index (κ3) is 4.47. The average molecular weight is 543 g/mol. The van der Waals surface area contributed by atoms with Gasteiger partial charge in [0, 0.05) is 39.6 Å². The molecule has 0 aliphatic rings. The van der Waals surface area contributed by atoms with Gasteiger partial charge in [0.15, 0.2) is 0 Å². The lowest BCUT2D eigenvalue weighted by Crippen LogP contribution is -2.23. The fourth-order valence-electron chi connectivity index (χ4n) is 4.23. The van der Waals surface area contributed by atoms with E-state index < -0.39 is 5.97 Å². The van der Waals surface area contributed by atoms with Crippen LogP contribution in [0.4, 0.5) is 0 Å². The van der Waals surface area contributed by atoms with Crippen molar-refractivity contribution in [3.05, 3.63) is 110 Å². The molecule has 0 spiro atoms. The van der Waals surface area contributed by atoms with Gasteiger partial charge in [-0.05, 0) is 42.0 Å². The molecule has 0 aliphatic heterocycles. The second-order valence-electron chi connectivity index (χ2n) is 8.88. The van der Waals surface area contributed by atoms with Crippen LogP contribution in [-0.4, -0.2) is 31.5 Å². The molecule has 2 heterocycles. The van der Waals surface area contributed by atoms with Crippen molar-refractivity contribution in [3.63, 3.8) is 0 Å². The molecule has 180 valence electrons. The molecular formula is C28H23BrN4O3. The number of nitrogens with zero attached hydrogens (tertiary/aromatic N) is 4. The van der Waals surface area contributed by atoms with Crippen molar-refractivity contribution in [2.45, 2.75) is 26.3 Å². The Morgan fingerprint density at radius 3 is 2.56 bits per heavy atom. The maximum Gasteiger partial charge on any atom is 0.335 e. The normalized spacial score (nSPS) is 11.8. The Balaban J connectivity index is 1.57. The van der Waals surface area contributed by atoms with Crippen molar-refractivity contribution in [2.75, 3.05) is 0 Å². The van der Waals surface area contributed by atoms with E-state index >= 15 is 0 Å². The van der Waals surface area contributed by atoms with E-state index in [4.69, 9.17) is 10.1 Å². The molecule has 2 aromatic heterocycles. The van der Waals surface area contributed by atoms with E-state index in [1.54, 1.807) is 24.4 Å². The highest BCUT2D eigenvalue weighted by atomic mass is 79.9. The summed E-state index contributed by atoms with van der Waals surface area (Å²) in [6.45, 7) is 4.54. The Kier molecular flexibility index (Phi) is 6.28. The van der Waals surface area contributed by atoms with Crippen LogP contribution in [0.3, 0.4) is 0 Å². The molecule has 0 saturated carbocycles. The molecule has 36 heavy (non-hydrogen) atoms. The van der Waals surface area contributed by atoms with E-state index in [1.807, 2.05) is 68.6 Å². The molecule has 0 unspecified atom stereocenters. The van der Waals surface area contributed by atoms with Crippen LogP contribution in [0, 0.1) is 0 Å². The minimum absolute atomic E-state index is 0.00184. The van der Waals surface area contributed by atoms with Gasteiger partial charge in [0.05, 0.1) is 22.7 Å². The first-order valence-electron chi connectivity index (χ1n) is 11.5. The molecule has 5 aromatic rings. The standard InChI is InChI=1S/C28H23BrN4O3/c1-17(2)26-31-24-12-11-21(29)13-23(24)27(34)33(26)30-14-20-16-32(25-6-4-3-5-22(20)25)15-18-7-9-19(10-8-18)28(35)36/h3-14,16-17H,15H2,1-2H3,(H,35,36). The molecule has 0 atom stereocenters. The van der Waals surface area contributed by atoms with Gasteiger partial charge in [0.1, 0.15) is 5.82 Å². The minimum atomic E-state index is -0.946. The first-order valence-corrected chi connectivity index (χ1v) is 12.3. The van der Waals surface area contributed by atoms with E-state index in [9.17, 15) is 9.59 Å². The van der Waals surface area contributed by atoms with E-state index in [-0.39, 0.29) is 17.0 Å². The van der Waals surface area contributed by atoms with Gasteiger partial charge in [-0.1, -0.05) is 60.1 Å². The summed E-state index contributed by atoms with van der Waals surface area (Å²) < 4.78 is 4.28. The number of benzene rings is 3. The topological polar surface area (TPSA) is 89.5 Å². The molecule has 5 rings (SSSR count). The zero-order valence-electron chi connectivity index (χ0n) is 19.7. The van der Waals surface area contributed by atoms with Crippen molar-refractivity contribution in [3.8, 4) is 0 Å². The lowest BCUT2D eigenvalue weighted by atomic mass is 10.1. The van der Waals surface area contributed by atoms with Gasteiger partial charge in [-0.3, -0.25) is 4.79 Å². The van der Waals surface area contributed by atoms with Gasteiger partial charge >= 0.3 is 5.97 Å². The number of aromatic carboxylic acids is 1. The summed E-state index contributed by atoms with van der Waals surface area (Å²) in [6.07, 6.45) is 3.69. The highest BCUT2D eigenvalue weighted by Gasteiger charge is 2.14. The quantitative estimate of drug-likeness (QED) is 0.272. The summed E-state index contributed by atoms with van der Waals surface area (Å²) in [5.41, 5.74) is 3.53. The fourth-order valence-corrected chi connectivity index (χ4v) is 4.59. The maximum absolute atomic E-state index is 13.4. The first-order chi connectivity index (χ1) is 17.3. The van der Waals surface area contributed by atoms with Crippen molar-refractivity contribution < 1.29 is 9.90 Å². The zero-order valence-corrected chi connectivity index (χ0v) is 21.3. The van der Waals surface area contributed by atoms with E-state index in [0.29, 0.717) is 23.3 Å². The third-order valence-corrected chi connectivity index (χ3v) is 6.53. The van der Waals surface area contributed by atoms with Gasteiger partial charge in [-0.15, -0.1) is 0 Å². The number of carboxylic acids is 1.